The number of nitrogens with two attached hydrogens (primary N) is 1. The molecule has 0 aliphatic carbocycles. The molecule has 0 aromatic carbocycles. The Bertz CT molecular complexity index is 489. The van der Waals surface area contributed by atoms with E-state index in [1.165, 1.54) is 0 Å². The van der Waals surface area contributed by atoms with Crippen LogP contribution in [0.3, 0.4) is 0 Å². The van der Waals surface area contributed by atoms with Crippen molar-refractivity contribution in [3.8, 4) is 0 Å². The van der Waals surface area contributed by atoms with Crippen molar-refractivity contribution in [2.24, 2.45) is 5.73 Å². The molecular weight excluding hydrogens is 212 g/mol. The number of hydrogen-bond donors (Lipinski definition) is 1. The molecular formula is C10H13ClN4. The van der Waals surface area contributed by atoms with Gasteiger partial charge in [0.2, 0.25) is 0 Å². The van der Waals surface area contributed by atoms with Crippen LogP contribution in [0.2, 0.25) is 5.15 Å². The first-order valence-corrected chi connectivity index (χ1v) is 5.05. The van der Waals surface area contributed by atoms with Crippen LogP contribution in [0.1, 0.15) is 5.82 Å². The number of anilines is 1. The fourth-order valence-corrected chi connectivity index (χ4v) is 1.93. The Morgan fingerprint density at radius 1 is 1.53 bits per heavy atom. The molecule has 0 radical (unpaired) electrons. The van der Waals surface area contributed by atoms with Crippen molar-refractivity contribution in [2.75, 3.05) is 19.0 Å². The molecule has 15 heavy (non-hydrogen) atoms. The molecule has 0 amide bonds. The van der Waals surface area contributed by atoms with Crippen LogP contribution in [0.15, 0.2) is 18.3 Å². The summed E-state index contributed by atoms with van der Waals surface area (Å²) >= 11 is 6.09. The Balaban J connectivity index is 2.80. The number of hydrogen-bond acceptors (Lipinski definition) is 3. The maximum Gasteiger partial charge on any atom is 0.157 e. The van der Waals surface area contributed by atoms with Crippen LogP contribution in [-0.4, -0.2) is 23.5 Å². The number of aromatic nitrogens is 2. The summed E-state index contributed by atoms with van der Waals surface area (Å²) < 4.78 is 1.93. The van der Waals surface area contributed by atoms with Crippen LogP contribution >= 0.6 is 11.6 Å². The summed E-state index contributed by atoms with van der Waals surface area (Å²) in [5.74, 6) is 0.777. The van der Waals surface area contributed by atoms with E-state index in [0.717, 1.165) is 17.0 Å². The molecule has 4 nitrogen and oxygen atoms in total. The Morgan fingerprint density at radius 2 is 2.27 bits per heavy atom. The van der Waals surface area contributed by atoms with E-state index in [4.69, 9.17) is 17.3 Å². The Morgan fingerprint density at radius 3 is 2.87 bits per heavy atom. The number of pyridine rings is 1. The summed E-state index contributed by atoms with van der Waals surface area (Å²) in [6.07, 6.45) is 1.92. The van der Waals surface area contributed by atoms with E-state index in [2.05, 4.69) is 4.98 Å². The number of fused-ring (bicyclic) bond motifs is 1. The SMILES string of the molecule is CN(C)c1cccn2c(CN)nc(Cl)c12. The number of nitrogens with zero attached hydrogens (tertiary/aromatic N) is 3. The van der Waals surface area contributed by atoms with Crippen LogP contribution in [-0.2, 0) is 6.54 Å². The molecule has 0 atom stereocenters. The lowest BCUT2D eigenvalue weighted by Crippen LogP contribution is -2.10. The summed E-state index contributed by atoms with van der Waals surface area (Å²) in [7, 11) is 3.95. The van der Waals surface area contributed by atoms with Crippen LogP contribution in [0.4, 0.5) is 5.69 Å². The summed E-state index contributed by atoms with van der Waals surface area (Å²) in [6.45, 7) is 0.380. The zero-order valence-corrected chi connectivity index (χ0v) is 9.49. The largest absolute Gasteiger partial charge is 0.376 e. The molecule has 0 unspecified atom stereocenters. The van der Waals surface area contributed by atoms with Gasteiger partial charge in [0.1, 0.15) is 11.3 Å². The van der Waals surface area contributed by atoms with Gasteiger partial charge in [-0.25, -0.2) is 4.98 Å². The van der Waals surface area contributed by atoms with E-state index >= 15 is 0 Å². The van der Waals surface area contributed by atoms with E-state index in [-0.39, 0.29) is 0 Å². The van der Waals surface area contributed by atoms with Gasteiger partial charge in [-0.15, -0.1) is 0 Å². The lowest BCUT2D eigenvalue weighted by atomic mass is 10.3. The first kappa shape index (κ1) is 10.3. The van der Waals surface area contributed by atoms with Crippen molar-refractivity contribution in [3.63, 3.8) is 0 Å². The minimum absolute atomic E-state index is 0.380. The van der Waals surface area contributed by atoms with Crippen molar-refractivity contribution >= 4 is 22.8 Å². The third kappa shape index (κ3) is 1.56. The van der Waals surface area contributed by atoms with Gasteiger partial charge in [0, 0.05) is 20.3 Å². The van der Waals surface area contributed by atoms with Gasteiger partial charge < -0.3 is 10.6 Å². The number of halogens is 1. The van der Waals surface area contributed by atoms with E-state index in [1.54, 1.807) is 0 Å². The second kappa shape index (κ2) is 3.72. The van der Waals surface area contributed by atoms with E-state index in [0.29, 0.717) is 11.7 Å². The summed E-state index contributed by atoms with van der Waals surface area (Å²) in [4.78, 5) is 6.23. The summed E-state index contributed by atoms with van der Waals surface area (Å²) in [6, 6.07) is 3.96. The quantitative estimate of drug-likeness (QED) is 0.841. The van der Waals surface area contributed by atoms with Gasteiger partial charge in [0.15, 0.2) is 5.15 Å². The maximum atomic E-state index is 6.09. The third-order valence-electron chi connectivity index (χ3n) is 2.34. The van der Waals surface area contributed by atoms with E-state index in [1.807, 2.05) is 41.7 Å². The van der Waals surface area contributed by atoms with Gasteiger partial charge in [-0.3, -0.25) is 4.40 Å². The molecule has 2 aromatic heterocycles. The van der Waals surface area contributed by atoms with Crippen molar-refractivity contribution < 1.29 is 0 Å². The van der Waals surface area contributed by atoms with Crippen molar-refractivity contribution in [1.82, 2.24) is 9.38 Å². The maximum absolute atomic E-state index is 6.09. The molecule has 0 aliphatic heterocycles. The highest BCUT2D eigenvalue weighted by atomic mass is 35.5. The fourth-order valence-electron chi connectivity index (χ4n) is 1.64. The standard InChI is InChI=1S/C10H13ClN4/c1-14(2)7-4-3-5-15-8(6-12)13-10(11)9(7)15/h3-5H,6,12H2,1-2H3. The van der Waals surface area contributed by atoms with Crippen molar-refractivity contribution in [2.45, 2.75) is 6.54 Å². The molecule has 0 aliphatic rings. The highest BCUT2D eigenvalue weighted by Gasteiger charge is 2.12. The molecule has 2 heterocycles. The number of rotatable bonds is 2. The van der Waals surface area contributed by atoms with Crippen LogP contribution in [0.25, 0.3) is 5.52 Å². The molecule has 5 heteroatoms. The molecule has 2 aromatic rings. The van der Waals surface area contributed by atoms with Gasteiger partial charge in [0.25, 0.3) is 0 Å². The molecule has 0 saturated heterocycles. The monoisotopic (exact) mass is 224 g/mol. The van der Waals surface area contributed by atoms with Gasteiger partial charge in [-0.2, -0.15) is 0 Å². The fraction of sp³-hybridized carbons (Fsp3) is 0.300. The molecule has 0 bridgehead atoms. The van der Waals surface area contributed by atoms with Crippen LogP contribution in [0, 0.1) is 0 Å². The summed E-state index contributed by atoms with van der Waals surface area (Å²) in [5.41, 5.74) is 7.54. The van der Waals surface area contributed by atoms with Crippen molar-refractivity contribution in [1.29, 1.82) is 0 Å². The molecule has 0 spiro atoms. The smallest absolute Gasteiger partial charge is 0.157 e. The zero-order valence-electron chi connectivity index (χ0n) is 8.74. The van der Waals surface area contributed by atoms with Crippen molar-refractivity contribution in [3.05, 3.63) is 29.3 Å². The molecule has 0 saturated carbocycles. The minimum atomic E-state index is 0.380. The lowest BCUT2D eigenvalue weighted by Gasteiger charge is -2.14. The van der Waals surface area contributed by atoms with Crippen LogP contribution in [0.5, 0.6) is 0 Å². The molecule has 0 fully saturated rings. The average molecular weight is 225 g/mol. The van der Waals surface area contributed by atoms with Gasteiger partial charge in [-0.05, 0) is 12.1 Å². The zero-order chi connectivity index (χ0) is 11.0. The molecule has 2 rings (SSSR count). The first-order valence-electron chi connectivity index (χ1n) is 4.68. The predicted octanol–water partition coefficient (Wildman–Crippen LogP) is 1.51. The highest BCUT2D eigenvalue weighted by molar-refractivity contribution is 6.33. The molecule has 80 valence electrons. The van der Waals surface area contributed by atoms with E-state index in [9.17, 15) is 0 Å². The predicted molar refractivity (Wildman–Crippen MR) is 62.4 cm³/mol. The van der Waals surface area contributed by atoms with Gasteiger partial charge >= 0.3 is 0 Å². The summed E-state index contributed by atoms with van der Waals surface area (Å²) in [5, 5.41) is 0.500. The minimum Gasteiger partial charge on any atom is -0.376 e. The third-order valence-corrected chi connectivity index (χ3v) is 2.60. The molecule has 2 N–H and O–H groups in total. The van der Waals surface area contributed by atoms with Gasteiger partial charge in [-0.1, -0.05) is 11.6 Å². The lowest BCUT2D eigenvalue weighted by molar-refractivity contribution is 0.902. The van der Waals surface area contributed by atoms with E-state index < -0.39 is 0 Å². The average Bonchev–Trinajstić information content (AvgIpc) is 2.55. The van der Waals surface area contributed by atoms with Gasteiger partial charge in [0.05, 0.1) is 12.2 Å². The Kier molecular flexibility index (Phi) is 2.54. The Labute approximate surface area is 93.3 Å². The second-order valence-electron chi connectivity index (χ2n) is 3.53. The normalized spacial score (nSPS) is 10.9. The highest BCUT2D eigenvalue weighted by Crippen LogP contribution is 2.27. The second-order valence-corrected chi connectivity index (χ2v) is 3.89. The first-order chi connectivity index (χ1) is 7.15. The number of imidazole rings is 1. The Hall–Kier alpha value is -1.26. The van der Waals surface area contributed by atoms with Crippen LogP contribution < -0.4 is 10.6 Å². The topological polar surface area (TPSA) is 46.6 Å².